The molecule has 0 fully saturated rings. The monoisotopic (exact) mass is 209 g/mol. The Morgan fingerprint density at radius 2 is 2.13 bits per heavy atom. The molecule has 0 saturated heterocycles. The van der Waals surface area contributed by atoms with E-state index in [1.807, 2.05) is 0 Å². The number of nitrogens with zero attached hydrogens (tertiary/aromatic N) is 2. The highest BCUT2D eigenvalue weighted by Crippen LogP contribution is 2.29. The first-order valence-corrected chi connectivity index (χ1v) is 5.33. The van der Waals surface area contributed by atoms with Crippen LogP contribution >= 0.6 is 0 Å². The number of nitrogens with one attached hydrogen (secondary N) is 1. The molecule has 0 spiro atoms. The number of anilines is 1. The molecule has 0 aliphatic heterocycles. The van der Waals surface area contributed by atoms with Crippen LogP contribution in [0.4, 0.5) is 5.82 Å². The molecule has 15 heavy (non-hydrogen) atoms. The van der Waals surface area contributed by atoms with E-state index in [1.54, 1.807) is 13.4 Å². The Hall–Kier alpha value is -1.32. The van der Waals surface area contributed by atoms with Crippen molar-refractivity contribution in [3.8, 4) is 5.75 Å². The Morgan fingerprint density at radius 1 is 1.40 bits per heavy atom. The highest BCUT2D eigenvalue weighted by atomic mass is 16.5. The summed E-state index contributed by atoms with van der Waals surface area (Å²) in [5, 5.41) is 3.23. The zero-order valence-corrected chi connectivity index (χ0v) is 9.87. The Morgan fingerprint density at radius 3 is 2.67 bits per heavy atom. The third kappa shape index (κ3) is 2.81. The van der Waals surface area contributed by atoms with Gasteiger partial charge in [-0.05, 0) is 12.3 Å². The zero-order valence-electron chi connectivity index (χ0n) is 9.87. The van der Waals surface area contributed by atoms with E-state index in [9.17, 15) is 0 Å². The van der Waals surface area contributed by atoms with Gasteiger partial charge in [-0.3, -0.25) is 0 Å². The molecular weight excluding hydrogens is 190 g/mol. The van der Waals surface area contributed by atoms with Crippen LogP contribution in [0.5, 0.6) is 5.75 Å². The first-order chi connectivity index (χ1) is 7.20. The lowest BCUT2D eigenvalue weighted by atomic mass is 10.1. The van der Waals surface area contributed by atoms with E-state index in [4.69, 9.17) is 4.74 Å². The lowest BCUT2D eigenvalue weighted by Gasteiger charge is -2.14. The van der Waals surface area contributed by atoms with Crippen molar-refractivity contribution < 1.29 is 4.74 Å². The predicted octanol–water partition coefficient (Wildman–Crippen LogP) is 2.43. The minimum atomic E-state index is 0.338. The molecule has 0 aliphatic rings. The molecule has 0 atom stereocenters. The van der Waals surface area contributed by atoms with Crippen molar-refractivity contribution in [3.05, 3.63) is 12.0 Å². The van der Waals surface area contributed by atoms with Gasteiger partial charge < -0.3 is 10.1 Å². The fourth-order valence-corrected chi connectivity index (χ4v) is 1.37. The Balaban J connectivity index is 2.99. The maximum Gasteiger partial charge on any atom is 0.183 e. The van der Waals surface area contributed by atoms with Crippen LogP contribution in [0.3, 0.4) is 0 Å². The van der Waals surface area contributed by atoms with E-state index in [2.05, 4.69) is 36.1 Å². The minimum Gasteiger partial charge on any atom is -0.491 e. The van der Waals surface area contributed by atoms with Gasteiger partial charge in [0.05, 0.1) is 12.8 Å². The van der Waals surface area contributed by atoms with Crippen LogP contribution in [0.15, 0.2) is 6.33 Å². The highest BCUT2D eigenvalue weighted by Gasteiger charge is 2.13. The molecule has 0 bridgehead atoms. The Labute approximate surface area is 91.1 Å². The van der Waals surface area contributed by atoms with Gasteiger partial charge in [0.15, 0.2) is 11.6 Å². The van der Waals surface area contributed by atoms with Crippen LogP contribution in [0, 0.1) is 0 Å². The molecule has 1 aromatic rings. The third-order valence-electron chi connectivity index (χ3n) is 2.12. The van der Waals surface area contributed by atoms with Gasteiger partial charge in [-0.1, -0.05) is 20.8 Å². The molecule has 1 aromatic heterocycles. The lowest BCUT2D eigenvalue weighted by Crippen LogP contribution is -2.07. The van der Waals surface area contributed by atoms with Crippen molar-refractivity contribution in [1.29, 1.82) is 0 Å². The summed E-state index contributed by atoms with van der Waals surface area (Å²) in [6, 6.07) is 0. The molecule has 0 aromatic carbocycles. The maximum absolute atomic E-state index is 5.35. The second kappa shape index (κ2) is 5.53. The van der Waals surface area contributed by atoms with Gasteiger partial charge >= 0.3 is 0 Å². The molecule has 4 heteroatoms. The summed E-state index contributed by atoms with van der Waals surface area (Å²) in [5.41, 5.74) is 0.950. The SMILES string of the molecule is CCCNc1ncnc(C(C)C)c1OC. The second-order valence-corrected chi connectivity index (χ2v) is 3.72. The fraction of sp³-hybridized carbons (Fsp3) is 0.636. The van der Waals surface area contributed by atoms with E-state index in [1.165, 1.54) is 0 Å². The average molecular weight is 209 g/mol. The van der Waals surface area contributed by atoms with Crippen LogP contribution in [0.1, 0.15) is 38.8 Å². The standard InChI is InChI=1S/C11H19N3O/c1-5-6-12-11-10(15-4)9(8(2)3)13-7-14-11/h7-8H,5-6H2,1-4H3,(H,12,13,14). The van der Waals surface area contributed by atoms with Crippen LogP contribution in [-0.2, 0) is 0 Å². The quantitative estimate of drug-likeness (QED) is 0.809. The minimum absolute atomic E-state index is 0.338. The summed E-state index contributed by atoms with van der Waals surface area (Å²) in [4.78, 5) is 8.42. The first-order valence-electron chi connectivity index (χ1n) is 5.33. The van der Waals surface area contributed by atoms with Crippen molar-refractivity contribution in [2.75, 3.05) is 19.0 Å². The smallest absolute Gasteiger partial charge is 0.183 e. The average Bonchev–Trinajstić information content (AvgIpc) is 2.25. The molecule has 0 unspecified atom stereocenters. The van der Waals surface area contributed by atoms with Gasteiger partial charge in [0, 0.05) is 6.54 Å². The number of ether oxygens (including phenoxy) is 1. The Bertz CT molecular complexity index is 313. The van der Waals surface area contributed by atoms with Crippen molar-refractivity contribution in [2.24, 2.45) is 0 Å². The third-order valence-corrected chi connectivity index (χ3v) is 2.12. The molecule has 1 heterocycles. The van der Waals surface area contributed by atoms with Crippen LogP contribution in [0.2, 0.25) is 0 Å². The van der Waals surface area contributed by atoms with Gasteiger partial charge in [-0.15, -0.1) is 0 Å². The van der Waals surface area contributed by atoms with Crippen LogP contribution in [-0.4, -0.2) is 23.6 Å². The lowest BCUT2D eigenvalue weighted by molar-refractivity contribution is 0.404. The highest BCUT2D eigenvalue weighted by molar-refractivity contribution is 5.52. The molecule has 0 amide bonds. The van der Waals surface area contributed by atoms with Crippen molar-refractivity contribution in [3.63, 3.8) is 0 Å². The van der Waals surface area contributed by atoms with Crippen molar-refractivity contribution in [1.82, 2.24) is 9.97 Å². The van der Waals surface area contributed by atoms with Crippen LogP contribution < -0.4 is 10.1 Å². The second-order valence-electron chi connectivity index (χ2n) is 3.72. The van der Waals surface area contributed by atoms with E-state index in [0.717, 1.165) is 30.2 Å². The Kier molecular flexibility index (Phi) is 4.34. The summed E-state index contributed by atoms with van der Waals surface area (Å²) >= 11 is 0. The van der Waals surface area contributed by atoms with E-state index in [-0.39, 0.29) is 0 Å². The summed E-state index contributed by atoms with van der Waals surface area (Å²) in [6.07, 6.45) is 2.64. The first kappa shape index (κ1) is 11.8. The van der Waals surface area contributed by atoms with Gasteiger partial charge in [0.25, 0.3) is 0 Å². The number of hydrogen-bond acceptors (Lipinski definition) is 4. The zero-order chi connectivity index (χ0) is 11.3. The van der Waals surface area contributed by atoms with Gasteiger partial charge in [0.2, 0.25) is 0 Å². The predicted molar refractivity (Wildman–Crippen MR) is 61.5 cm³/mol. The number of hydrogen-bond donors (Lipinski definition) is 1. The molecule has 1 rings (SSSR count). The molecule has 4 nitrogen and oxygen atoms in total. The van der Waals surface area contributed by atoms with E-state index >= 15 is 0 Å². The molecule has 1 N–H and O–H groups in total. The number of rotatable bonds is 5. The van der Waals surface area contributed by atoms with Gasteiger partial charge in [-0.25, -0.2) is 9.97 Å². The number of aromatic nitrogens is 2. The normalized spacial score (nSPS) is 10.5. The van der Waals surface area contributed by atoms with Gasteiger partial charge in [0.1, 0.15) is 6.33 Å². The van der Waals surface area contributed by atoms with E-state index < -0.39 is 0 Å². The maximum atomic E-state index is 5.35. The molecule has 0 radical (unpaired) electrons. The van der Waals surface area contributed by atoms with E-state index in [0.29, 0.717) is 5.92 Å². The molecule has 84 valence electrons. The summed E-state index contributed by atoms with van der Waals surface area (Å²) in [7, 11) is 1.65. The molecular formula is C11H19N3O. The number of methoxy groups -OCH3 is 1. The molecule has 0 aliphatic carbocycles. The fourth-order valence-electron chi connectivity index (χ4n) is 1.37. The topological polar surface area (TPSA) is 47.0 Å². The van der Waals surface area contributed by atoms with Gasteiger partial charge in [-0.2, -0.15) is 0 Å². The summed E-state index contributed by atoms with van der Waals surface area (Å²) in [6.45, 7) is 7.19. The summed E-state index contributed by atoms with van der Waals surface area (Å²) < 4.78 is 5.35. The van der Waals surface area contributed by atoms with Crippen molar-refractivity contribution in [2.45, 2.75) is 33.1 Å². The molecule has 0 saturated carbocycles. The summed E-state index contributed by atoms with van der Waals surface area (Å²) in [5.74, 6) is 1.89. The largest absolute Gasteiger partial charge is 0.491 e. The van der Waals surface area contributed by atoms with Crippen LogP contribution in [0.25, 0.3) is 0 Å². The van der Waals surface area contributed by atoms with Crippen molar-refractivity contribution >= 4 is 5.82 Å².